The minimum atomic E-state index is -4.96. The summed E-state index contributed by atoms with van der Waals surface area (Å²) in [4.78, 5) is 72.7. The molecule has 0 fully saturated rings. The lowest BCUT2D eigenvalue weighted by molar-refractivity contribution is -0.161. The molecule has 0 amide bonds. The van der Waals surface area contributed by atoms with E-state index < -0.39 is 97.5 Å². The Morgan fingerprint density at radius 1 is 0.295 bits per heavy atom. The number of hydrogen-bond donors (Lipinski definition) is 3. The standard InChI is InChI=1S/C76H148O17P2/c1-9-69(8)55-47-39-30-23-18-16-14-12-10-11-13-15-17-19-24-31-40-48-56-73(78)86-62-71(92-75(80)58-50-42-33-25-21-20-22-28-36-44-52-66(2)3)64-90-94(82,83)88-60-70(77)61-89-95(84,85)91-65-72(93-76(81)59-51-43-35-34-38-46-54-68(6)7)63-87-74(79)57-49-41-32-27-26-29-37-45-53-67(4)5/h66-72,77H,9-65H2,1-8H3,(H,82,83)(H,84,85)/t69?,70?,71-,72-/m1/s1. The summed E-state index contributed by atoms with van der Waals surface area (Å²) in [5, 5.41) is 10.6. The zero-order chi connectivity index (χ0) is 70.3. The Morgan fingerprint density at radius 2 is 0.505 bits per heavy atom. The number of ether oxygens (including phenoxy) is 4. The van der Waals surface area contributed by atoms with E-state index in [1.807, 2.05) is 0 Å². The molecule has 0 heterocycles. The molecule has 0 aliphatic rings. The largest absolute Gasteiger partial charge is 0.472 e. The molecule has 0 spiro atoms. The summed E-state index contributed by atoms with van der Waals surface area (Å²) in [5.41, 5.74) is 0. The van der Waals surface area contributed by atoms with Crippen molar-refractivity contribution in [2.75, 3.05) is 39.6 Å². The first kappa shape index (κ1) is 93.1. The predicted octanol–water partition coefficient (Wildman–Crippen LogP) is 22.0. The topological polar surface area (TPSA) is 237 Å². The quantitative estimate of drug-likeness (QED) is 0.0222. The Bertz CT molecular complexity index is 1870. The van der Waals surface area contributed by atoms with E-state index in [4.69, 9.17) is 37.0 Å². The first-order valence-electron chi connectivity index (χ1n) is 39.2. The number of esters is 4. The van der Waals surface area contributed by atoms with Gasteiger partial charge in [0.05, 0.1) is 26.4 Å². The molecule has 564 valence electrons. The molecule has 0 aromatic carbocycles. The Morgan fingerprint density at radius 3 is 0.747 bits per heavy atom. The number of phosphoric acid groups is 2. The molecule has 0 aliphatic heterocycles. The highest BCUT2D eigenvalue weighted by atomic mass is 31.2. The molecule has 17 nitrogen and oxygen atoms in total. The average Bonchev–Trinajstić information content (AvgIpc) is 1.40. The third-order valence-corrected chi connectivity index (χ3v) is 19.8. The van der Waals surface area contributed by atoms with Crippen LogP contribution >= 0.6 is 15.6 Å². The van der Waals surface area contributed by atoms with Gasteiger partial charge in [-0.2, -0.15) is 0 Å². The van der Waals surface area contributed by atoms with Gasteiger partial charge < -0.3 is 33.8 Å². The van der Waals surface area contributed by atoms with Crippen LogP contribution in [0.1, 0.15) is 383 Å². The summed E-state index contributed by atoms with van der Waals surface area (Å²) < 4.78 is 68.4. The number of hydrogen-bond acceptors (Lipinski definition) is 15. The van der Waals surface area contributed by atoms with E-state index in [0.717, 1.165) is 108 Å². The SMILES string of the molecule is CCC(C)CCCCCCCCCCCCCCCCCCCCC(=O)OC[C@H](COP(=O)(O)OCC(O)COP(=O)(O)OC[C@@H](COC(=O)CCCCCCCCCCC(C)C)OC(=O)CCCCCCCCC(C)C)OC(=O)CCCCCCCCCCCCC(C)C. The number of carbonyl (C=O) groups is 4. The van der Waals surface area contributed by atoms with Crippen LogP contribution in [0.25, 0.3) is 0 Å². The molecule has 3 N–H and O–H groups in total. The van der Waals surface area contributed by atoms with E-state index >= 15 is 0 Å². The van der Waals surface area contributed by atoms with Crippen molar-refractivity contribution in [2.24, 2.45) is 23.7 Å². The lowest BCUT2D eigenvalue weighted by Crippen LogP contribution is -2.30. The van der Waals surface area contributed by atoms with Gasteiger partial charge in [0.25, 0.3) is 0 Å². The van der Waals surface area contributed by atoms with Gasteiger partial charge in [-0.3, -0.25) is 37.3 Å². The molecule has 0 radical (unpaired) electrons. The summed E-state index contributed by atoms with van der Waals surface area (Å²) in [6.45, 7) is 14.1. The van der Waals surface area contributed by atoms with Crippen molar-refractivity contribution in [1.82, 2.24) is 0 Å². The first-order valence-corrected chi connectivity index (χ1v) is 42.2. The molecule has 0 bridgehead atoms. The van der Waals surface area contributed by atoms with E-state index in [1.165, 1.54) is 186 Å². The number of phosphoric ester groups is 2. The highest BCUT2D eigenvalue weighted by Gasteiger charge is 2.30. The molecular formula is C76H148O17P2. The Balaban J connectivity index is 5.15. The fourth-order valence-corrected chi connectivity index (χ4v) is 13.1. The van der Waals surface area contributed by atoms with Crippen LogP contribution in [0.3, 0.4) is 0 Å². The van der Waals surface area contributed by atoms with Crippen molar-refractivity contribution in [3.8, 4) is 0 Å². The van der Waals surface area contributed by atoms with Crippen LogP contribution in [0.5, 0.6) is 0 Å². The molecule has 4 unspecified atom stereocenters. The molecule has 6 atom stereocenters. The van der Waals surface area contributed by atoms with Crippen LogP contribution in [-0.2, 0) is 65.4 Å². The molecule has 19 heteroatoms. The zero-order valence-corrected chi connectivity index (χ0v) is 64.1. The number of rotatable bonds is 73. The van der Waals surface area contributed by atoms with Gasteiger partial charge in [0.1, 0.15) is 19.3 Å². The second-order valence-corrected chi connectivity index (χ2v) is 32.0. The van der Waals surface area contributed by atoms with Crippen LogP contribution in [0, 0.1) is 23.7 Å². The minimum absolute atomic E-state index is 0.101. The maximum atomic E-state index is 13.1. The molecule has 0 aromatic heterocycles. The number of aliphatic hydroxyl groups is 1. The van der Waals surface area contributed by atoms with Crippen molar-refractivity contribution in [3.05, 3.63) is 0 Å². The van der Waals surface area contributed by atoms with Gasteiger partial charge in [-0.05, 0) is 49.4 Å². The van der Waals surface area contributed by atoms with Crippen molar-refractivity contribution >= 4 is 39.5 Å². The van der Waals surface area contributed by atoms with Gasteiger partial charge in [0.15, 0.2) is 12.2 Å². The minimum Gasteiger partial charge on any atom is -0.462 e. The summed E-state index contributed by atoms with van der Waals surface area (Å²) >= 11 is 0. The highest BCUT2D eigenvalue weighted by molar-refractivity contribution is 7.47. The number of carbonyl (C=O) groups excluding carboxylic acids is 4. The fraction of sp³-hybridized carbons (Fsp3) is 0.947. The Kier molecular flexibility index (Phi) is 64.0. The van der Waals surface area contributed by atoms with Gasteiger partial charge in [-0.25, -0.2) is 9.13 Å². The second kappa shape index (κ2) is 65.4. The van der Waals surface area contributed by atoms with Crippen LogP contribution in [0.2, 0.25) is 0 Å². The summed E-state index contributed by atoms with van der Waals surface area (Å²) in [5.74, 6) is 0.894. The van der Waals surface area contributed by atoms with Crippen LogP contribution < -0.4 is 0 Å². The lowest BCUT2D eigenvalue weighted by Gasteiger charge is -2.21. The smallest absolute Gasteiger partial charge is 0.462 e. The molecule has 0 aromatic rings. The third-order valence-electron chi connectivity index (χ3n) is 17.9. The average molecular weight is 1400 g/mol. The summed E-state index contributed by atoms with van der Waals surface area (Å²) in [6, 6.07) is 0. The van der Waals surface area contributed by atoms with Crippen molar-refractivity contribution in [2.45, 2.75) is 401 Å². The summed E-state index contributed by atoms with van der Waals surface area (Å²) in [6.07, 6.45) is 50.3. The normalized spacial score (nSPS) is 14.4. The number of unbranched alkanes of at least 4 members (excludes halogenated alkanes) is 38. The second-order valence-electron chi connectivity index (χ2n) is 29.1. The van der Waals surface area contributed by atoms with Gasteiger partial charge in [0.2, 0.25) is 0 Å². The van der Waals surface area contributed by atoms with E-state index in [9.17, 15) is 43.2 Å². The van der Waals surface area contributed by atoms with Crippen LogP contribution in [0.15, 0.2) is 0 Å². The Hall–Kier alpha value is -1.94. The predicted molar refractivity (Wildman–Crippen MR) is 386 cm³/mol. The highest BCUT2D eigenvalue weighted by Crippen LogP contribution is 2.45. The fourth-order valence-electron chi connectivity index (χ4n) is 11.5. The zero-order valence-electron chi connectivity index (χ0n) is 62.3. The van der Waals surface area contributed by atoms with E-state index in [0.29, 0.717) is 31.6 Å². The maximum absolute atomic E-state index is 13.1. The first-order chi connectivity index (χ1) is 45.6. The van der Waals surface area contributed by atoms with Crippen molar-refractivity contribution in [1.29, 1.82) is 0 Å². The maximum Gasteiger partial charge on any atom is 0.472 e. The summed E-state index contributed by atoms with van der Waals surface area (Å²) in [7, 11) is -9.91. The van der Waals surface area contributed by atoms with E-state index in [2.05, 4.69) is 55.4 Å². The molecule has 0 saturated carbocycles. The monoisotopic (exact) mass is 1400 g/mol. The van der Waals surface area contributed by atoms with Crippen molar-refractivity contribution < 1.29 is 80.2 Å². The Labute approximate surface area is 581 Å². The molecule has 0 rings (SSSR count). The van der Waals surface area contributed by atoms with Gasteiger partial charge in [-0.15, -0.1) is 0 Å². The third kappa shape index (κ3) is 69.0. The van der Waals surface area contributed by atoms with E-state index in [-0.39, 0.29) is 25.7 Å². The van der Waals surface area contributed by atoms with Gasteiger partial charge in [0, 0.05) is 25.7 Å². The van der Waals surface area contributed by atoms with Crippen molar-refractivity contribution in [3.63, 3.8) is 0 Å². The number of aliphatic hydroxyl groups excluding tert-OH is 1. The molecule has 0 saturated heterocycles. The molecule has 95 heavy (non-hydrogen) atoms. The molecule has 0 aliphatic carbocycles. The lowest BCUT2D eigenvalue weighted by atomic mass is 9.99. The van der Waals surface area contributed by atoms with Gasteiger partial charge in [-0.1, -0.05) is 331 Å². The molecular weight excluding hydrogens is 1250 g/mol. The van der Waals surface area contributed by atoms with Crippen LogP contribution in [-0.4, -0.2) is 96.7 Å². The van der Waals surface area contributed by atoms with Crippen LogP contribution in [0.4, 0.5) is 0 Å². The van der Waals surface area contributed by atoms with E-state index in [1.54, 1.807) is 0 Å². The van der Waals surface area contributed by atoms with Gasteiger partial charge >= 0.3 is 39.5 Å².